The quantitative estimate of drug-likeness (QED) is 0.570. The first-order chi connectivity index (χ1) is 8.87. The molecule has 2 N–H and O–H groups in total. The van der Waals surface area contributed by atoms with Gasteiger partial charge in [-0.3, -0.25) is 9.67 Å². The predicted octanol–water partition coefficient (Wildman–Crippen LogP) is 2.36. The monoisotopic (exact) mass is 287 g/mol. The van der Waals surface area contributed by atoms with Gasteiger partial charge in [0.1, 0.15) is 0 Å². The molecule has 1 unspecified atom stereocenters. The lowest BCUT2D eigenvalue weighted by Crippen LogP contribution is -2.30. The molecule has 1 atom stereocenters. The number of rotatable bonds is 8. The molecular weight excluding hydrogens is 262 g/mol. The average molecular weight is 287 g/mol. The molecule has 0 fully saturated rings. The molecule has 0 saturated carbocycles. The first-order valence-corrected chi connectivity index (χ1v) is 7.36. The second-order valence-corrected chi connectivity index (χ2v) is 5.85. The maximum atomic E-state index is 11.8. The molecule has 0 aromatic carbocycles. The van der Waals surface area contributed by atoms with Gasteiger partial charge >= 0.3 is 5.69 Å². The van der Waals surface area contributed by atoms with Crippen LogP contribution in [-0.2, 0) is 13.6 Å². The van der Waals surface area contributed by atoms with Crippen LogP contribution in [0, 0.1) is 4.77 Å². The molecule has 1 aromatic heterocycles. The molecule has 0 amide bonds. The Labute approximate surface area is 119 Å². The van der Waals surface area contributed by atoms with Crippen molar-refractivity contribution in [3.05, 3.63) is 15.3 Å². The van der Waals surface area contributed by atoms with Crippen LogP contribution >= 0.6 is 12.2 Å². The van der Waals surface area contributed by atoms with Crippen molar-refractivity contribution in [1.29, 1.82) is 0 Å². The Bertz CT molecular complexity index is 499. The third kappa shape index (κ3) is 4.95. The molecule has 0 aliphatic rings. The number of unbranched alkanes of at least 4 members (excludes halogenated alkanes) is 3. The van der Waals surface area contributed by atoms with Crippen LogP contribution in [-0.4, -0.2) is 25.1 Å². The van der Waals surface area contributed by atoms with Crippen LogP contribution in [0.15, 0.2) is 4.79 Å². The van der Waals surface area contributed by atoms with E-state index in [-0.39, 0.29) is 5.69 Å². The fraction of sp³-hybridized carbons (Fsp3) is 0.846. The molecule has 0 saturated heterocycles. The maximum Gasteiger partial charge on any atom is 0.344 e. The van der Waals surface area contributed by atoms with Gasteiger partial charge in [-0.05, 0) is 32.0 Å². The van der Waals surface area contributed by atoms with Crippen LogP contribution in [0.5, 0.6) is 0 Å². The van der Waals surface area contributed by atoms with Gasteiger partial charge in [-0.25, -0.2) is 9.48 Å². The van der Waals surface area contributed by atoms with E-state index < -0.39 is 5.60 Å². The second kappa shape index (κ2) is 7.05. The number of aromatic amines is 1. The van der Waals surface area contributed by atoms with Crippen LogP contribution in [0.1, 0.15) is 52.4 Å². The summed E-state index contributed by atoms with van der Waals surface area (Å²) < 4.78 is 3.27. The molecule has 1 aromatic rings. The van der Waals surface area contributed by atoms with Gasteiger partial charge in [0.15, 0.2) is 4.77 Å². The van der Waals surface area contributed by atoms with Gasteiger partial charge in [-0.15, -0.1) is 0 Å². The largest absolute Gasteiger partial charge is 0.390 e. The second-order valence-electron chi connectivity index (χ2n) is 5.47. The third-order valence-electron chi connectivity index (χ3n) is 3.50. The summed E-state index contributed by atoms with van der Waals surface area (Å²) in [7, 11) is 1.64. The maximum absolute atomic E-state index is 11.8. The molecule has 6 heteroatoms. The minimum absolute atomic E-state index is 0.160. The minimum Gasteiger partial charge on any atom is -0.390 e. The zero-order valence-electron chi connectivity index (χ0n) is 12.1. The lowest BCUT2D eigenvalue weighted by atomic mass is 9.94. The normalized spacial score (nSPS) is 14.5. The number of aromatic nitrogens is 3. The minimum atomic E-state index is -0.724. The van der Waals surface area contributed by atoms with Crippen LogP contribution in [0.25, 0.3) is 0 Å². The summed E-state index contributed by atoms with van der Waals surface area (Å²) in [5.74, 6) is 0. The van der Waals surface area contributed by atoms with E-state index in [2.05, 4.69) is 12.0 Å². The van der Waals surface area contributed by atoms with Gasteiger partial charge in [0.2, 0.25) is 0 Å². The lowest BCUT2D eigenvalue weighted by Gasteiger charge is -2.23. The molecule has 5 nitrogen and oxygen atoms in total. The SMILES string of the molecule is CCCCCCC(C)(O)CCn1[nH]c(=S)n(C)c1=O. The standard InChI is InChI=1S/C13H25N3O2S/c1-4-5-6-7-8-13(2,18)9-10-16-12(17)15(3)11(19)14-16/h18H,4-10H2,1-3H3,(H,14,19). The highest BCUT2D eigenvalue weighted by Crippen LogP contribution is 2.19. The topological polar surface area (TPSA) is 63.0 Å². The van der Waals surface area contributed by atoms with Crippen molar-refractivity contribution >= 4 is 12.2 Å². The van der Waals surface area contributed by atoms with E-state index in [1.807, 2.05) is 6.92 Å². The fourth-order valence-electron chi connectivity index (χ4n) is 2.07. The molecular formula is C13H25N3O2S. The number of aryl methyl sites for hydroxylation is 1. The van der Waals surface area contributed by atoms with Crippen molar-refractivity contribution in [2.45, 2.75) is 64.5 Å². The van der Waals surface area contributed by atoms with Crippen molar-refractivity contribution in [3.8, 4) is 0 Å². The van der Waals surface area contributed by atoms with Crippen LogP contribution < -0.4 is 5.69 Å². The Morgan fingerprint density at radius 1 is 1.32 bits per heavy atom. The molecule has 110 valence electrons. The summed E-state index contributed by atoms with van der Waals surface area (Å²) in [6, 6.07) is 0. The van der Waals surface area contributed by atoms with Gasteiger partial charge in [0.25, 0.3) is 0 Å². The van der Waals surface area contributed by atoms with Gasteiger partial charge < -0.3 is 5.11 Å². The summed E-state index contributed by atoms with van der Waals surface area (Å²) in [5, 5.41) is 13.1. The summed E-state index contributed by atoms with van der Waals surface area (Å²) in [4.78, 5) is 11.8. The Hall–Kier alpha value is -0.880. The number of nitrogens with zero attached hydrogens (tertiary/aromatic N) is 2. The van der Waals surface area contributed by atoms with E-state index in [1.54, 1.807) is 7.05 Å². The van der Waals surface area contributed by atoms with E-state index in [0.717, 1.165) is 19.3 Å². The summed E-state index contributed by atoms with van der Waals surface area (Å²) in [5.41, 5.74) is -0.884. The predicted molar refractivity (Wildman–Crippen MR) is 78.9 cm³/mol. The van der Waals surface area contributed by atoms with Crippen LogP contribution in [0.3, 0.4) is 0 Å². The zero-order valence-corrected chi connectivity index (χ0v) is 12.9. The number of hydrogen-bond donors (Lipinski definition) is 2. The summed E-state index contributed by atoms with van der Waals surface area (Å²) in [6.07, 6.45) is 5.91. The van der Waals surface area contributed by atoms with E-state index >= 15 is 0 Å². The Morgan fingerprint density at radius 2 is 2.00 bits per heavy atom. The van der Waals surface area contributed by atoms with Gasteiger partial charge in [-0.1, -0.05) is 32.6 Å². The first kappa shape index (κ1) is 16.2. The van der Waals surface area contributed by atoms with E-state index in [0.29, 0.717) is 17.7 Å². The van der Waals surface area contributed by atoms with Crippen LogP contribution in [0.2, 0.25) is 0 Å². The van der Waals surface area contributed by atoms with Gasteiger partial charge in [0, 0.05) is 13.6 Å². The Kier molecular flexibility index (Phi) is 6.00. The molecule has 0 bridgehead atoms. The molecule has 0 radical (unpaired) electrons. The molecule has 0 aliphatic carbocycles. The Balaban J connectivity index is 2.48. The highest BCUT2D eigenvalue weighted by Gasteiger charge is 2.20. The number of H-pyrrole nitrogens is 1. The molecule has 1 heterocycles. The van der Waals surface area contributed by atoms with E-state index in [9.17, 15) is 9.90 Å². The van der Waals surface area contributed by atoms with Crippen molar-refractivity contribution in [2.75, 3.05) is 0 Å². The smallest absolute Gasteiger partial charge is 0.344 e. The first-order valence-electron chi connectivity index (χ1n) is 6.95. The third-order valence-corrected chi connectivity index (χ3v) is 3.86. The van der Waals surface area contributed by atoms with Crippen molar-refractivity contribution in [1.82, 2.24) is 14.3 Å². The molecule has 19 heavy (non-hydrogen) atoms. The summed E-state index contributed by atoms with van der Waals surface area (Å²) >= 11 is 4.99. The number of hydrogen-bond acceptors (Lipinski definition) is 3. The Morgan fingerprint density at radius 3 is 2.53 bits per heavy atom. The van der Waals surface area contributed by atoms with Gasteiger partial charge in [0.05, 0.1) is 5.60 Å². The fourth-order valence-corrected chi connectivity index (χ4v) is 2.26. The van der Waals surface area contributed by atoms with Crippen molar-refractivity contribution in [3.63, 3.8) is 0 Å². The van der Waals surface area contributed by atoms with Gasteiger partial charge in [-0.2, -0.15) is 0 Å². The van der Waals surface area contributed by atoms with Crippen LogP contribution in [0.4, 0.5) is 0 Å². The molecule has 0 aliphatic heterocycles. The highest BCUT2D eigenvalue weighted by molar-refractivity contribution is 7.71. The zero-order chi connectivity index (χ0) is 14.5. The van der Waals surface area contributed by atoms with E-state index in [4.69, 9.17) is 12.2 Å². The number of aliphatic hydroxyl groups is 1. The highest BCUT2D eigenvalue weighted by atomic mass is 32.1. The average Bonchev–Trinajstić information content (AvgIpc) is 2.60. The summed E-state index contributed by atoms with van der Waals surface area (Å²) in [6.45, 7) is 4.47. The van der Waals surface area contributed by atoms with Crippen molar-refractivity contribution < 1.29 is 5.11 Å². The molecule has 0 spiro atoms. The van der Waals surface area contributed by atoms with E-state index in [1.165, 1.54) is 22.1 Å². The molecule has 1 rings (SSSR count). The van der Waals surface area contributed by atoms with Crippen molar-refractivity contribution in [2.24, 2.45) is 7.05 Å². The number of nitrogens with one attached hydrogen (secondary N) is 1. The lowest BCUT2D eigenvalue weighted by molar-refractivity contribution is 0.0337.